The minimum atomic E-state index is -1.07. The van der Waals surface area contributed by atoms with Crippen molar-refractivity contribution in [3.05, 3.63) is 18.2 Å². The first-order valence-electron chi connectivity index (χ1n) is 6.34. The Bertz CT molecular complexity index is 473. The SMILES string of the molecule is CSC1(CNC(=O)N[C@H](Cc2cnc[nH]2)C(=O)O)CC1. The number of carboxylic acid groups (broad SMARTS) is 1. The van der Waals surface area contributed by atoms with Crippen LogP contribution in [0.2, 0.25) is 0 Å². The van der Waals surface area contributed by atoms with E-state index in [1.165, 1.54) is 6.33 Å². The van der Waals surface area contributed by atoms with Gasteiger partial charge in [0.25, 0.3) is 0 Å². The number of aliphatic carboxylic acids is 1. The maximum Gasteiger partial charge on any atom is 0.326 e. The fourth-order valence-electron chi connectivity index (χ4n) is 1.86. The van der Waals surface area contributed by atoms with Gasteiger partial charge in [-0.2, -0.15) is 11.8 Å². The number of hydrogen-bond donors (Lipinski definition) is 4. The van der Waals surface area contributed by atoms with Gasteiger partial charge in [-0.25, -0.2) is 14.6 Å². The minimum Gasteiger partial charge on any atom is -0.480 e. The highest BCUT2D eigenvalue weighted by Gasteiger charge is 2.42. The van der Waals surface area contributed by atoms with E-state index in [0.717, 1.165) is 12.8 Å². The maximum atomic E-state index is 11.8. The molecule has 0 unspecified atom stereocenters. The van der Waals surface area contributed by atoms with Crippen LogP contribution < -0.4 is 10.6 Å². The highest BCUT2D eigenvalue weighted by Crippen LogP contribution is 2.46. The van der Waals surface area contributed by atoms with Crippen LogP contribution in [0.15, 0.2) is 12.5 Å². The van der Waals surface area contributed by atoms with Crippen LogP contribution in [0.25, 0.3) is 0 Å². The largest absolute Gasteiger partial charge is 0.480 e. The van der Waals surface area contributed by atoms with Gasteiger partial charge >= 0.3 is 12.0 Å². The second-order valence-corrected chi connectivity index (χ2v) is 6.16. The van der Waals surface area contributed by atoms with E-state index in [-0.39, 0.29) is 11.2 Å². The van der Waals surface area contributed by atoms with Gasteiger partial charge in [0.1, 0.15) is 6.04 Å². The third kappa shape index (κ3) is 3.89. The molecule has 1 aliphatic carbocycles. The van der Waals surface area contributed by atoms with Gasteiger partial charge in [-0.05, 0) is 19.1 Å². The third-order valence-corrected chi connectivity index (χ3v) is 4.81. The van der Waals surface area contributed by atoms with E-state index in [4.69, 9.17) is 5.11 Å². The second-order valence-electron chi connectivity index (χ2n) is 4.89. The van der Waals surface area contributed by atoms with Gasteiger partial charge in [0.2, 0.25) is 0 Å². The van der Waals surface area contributed by atoms with Crippen molar-refractivity contribution in [2.24, 2.45) is 0 Å². The average molecular weight is 298 g/mol. The van der Waals surface area contributed by atoms with Crippen LogP contribution in [0, 0.1) is 0 Å². The first-order chi connectivity index (χ1) is 9.54. The Hall–Kier alpha value is -1.70. The van der Waals surface area contributed by atoms with Crippen molar-refractivity contribution in [2.75, 3.05) is 12.8 Å². The summed E-state index contributed by atoms with van der Waals surface area (Å²) >= 11 is 1.74. The molecule has 20 heavy (non-hydrogen) atoms. The van der Waals surface area contributed by atoms with E-state index in [1.54, 1.807) is 18.0 Å². The zero-order valence-electron chi connectivity index (χ0n) is 11.2. The Morgan fingerprint density at radius 2 is 2.35 bits per heavy atom. The smallest absolute Gasteiger partial charge is 0.326 e. The Balaban J connectivity index is 1.81. The summed E-state index contributed by atoms with van der Waals surface area (Å²) in [5, 5.41) is 14.3. The zero-order chi connectivity index (χ0) is 14.6. The number of carbonyl (C=O) groups excluding carboxylic acids is 1. The number of nitrogens with zero attached hydrogens (tertiary/aromatic N) is 1. The van der Waals surface area contributed by atoms with E-state index in [1.807, 2.05) is 6.26 Å². The predicted octanol–water partition coefficient (Wildman–Crippen LogP) is 0.600. The highest BCUT2D eigenvalue weighted by atomic mass is 32.2. The number of carboxylic acids is 1. The number of nitrogens with one attached hydrogen (secondary N) is 3. The lowest BCUT2D eigenvalue weighted by Crippen LogP contribution is -2.48. The summed E-state index contributed by atoms with van der Waals surface area (Å²) in [4.78, 5) is 29.5. The molecule has 4 N–H and O–H groups in total. The molecule has 1 aliphatic rings. The fraction of sp³-hybridized carbons (Fsp3) is 0.583. The number of thioether (sulfide) groups is 1. The van der Waals surface area contributed by atoms with E-state index >= 15 is 0 Å². The van der Waals surface area contributed by atoms with Crippen molar-refractivity contribution in [3.8, 4) is 0 Å². The Morgan fingerprint density at radius 1 is 1.60 bits per heavy atom. The van der Waals surface area contributed by atoms with E-state index in [2.05, 4.69) is 20.6 Å². The average Bonchev–Trinajstić information content (AvgIpc) is 3.03. The van der Waals surface area contributed by atoms with Gasteiger partial charge in [-0.15, -0.1) is 0 Å². The van der Waals surface area contributed by atoms with Gasteiger partial charge in [0.15, 0.2) is 0 Å². The van der Waals surface area contributed by atoms with Crippen molar-refractivity contribution < 1.29 is 14.7 Å². The molecule has 7 nitrogen and oxygen atoms in total. The van der Waals surface area contributed by atoms with Crippen LogP contribution >= 0.6 is 11.8 Å². The summed E-state index contributed by atoms with van der Waals surface area (Å²) in [6, 6.07) is -1.42. The standard InChI is InChI=1S/C12H18N4O3S/c1-20-12(2-3-12)6-14-11(19)16-9(10(17)18)4-8-5-13-7-15-8/h5,7,9H,2-4,6H2,1H3,(H,13,15)(H,17,18)(H2,14,16,19)/t9-/m1/s1. The van der Waals surface area contributed by atoms with Crippen LogP contribution in [0.5, 0.6) is 0 Å². The number of aromatic nitrogens is 2. The molecule has 1 aromatic heterocycles. The number of aromatic amines is 1. The fourth-order valence-corrected chi connectivity index (χ4v) is 2.59. The van der Waals surface area contributed by atoms with E-state index in [0.29, 0.717) is 12.2 Å². The second kappa shape index (κ2) is 6.17. The van der Waals surface area contributed by atoms with Crippen LogP contribution in [-0.2, 0) is 11.2 Å². The summed E-state index contributed by atoms with van der Waals surface area (Å²) in [5.74, 6) is -1.07. The molecule has 0 spiro atoms. The predicted molar refractivity (Wildman–Crippen MR) is 75.7 cm³/mol. The summed E-state index contributed by atoms with van der Waals surface area (Å²) < 4.78 is 0.152. The highest BCUT2D eigenvalue weighted by molar-refractivity contribution is 8.00. The number of amides is 2. The monoisotopic (exact) mass is 298 g/mol. The summed E-state index contributed by atoms with van der Waals surface area (Å²) in [6.45, 7) is 0.566. The molecule has 0 radical (unpaired) electrons. The normalized spacial score (nSPS) is 17.2. The lowest BCUT2D eigenvalue weighted by atomic mass is 10.2. The summed E-state index contributed by atoms with van der Waals surface area (Å²) in [5.41, 5.74) is 0.667. The topological polar surface area (TPSA) is 107 Å². The van der Waals surface area contributed by atoms with Crippen molar-refractivity contribution in [1.29, 1.82) is 0 Å². The molecule has 1 saturated carbocycles. The maximum absolute atomic E-state index is 11.8. The number of carbonyl (C=O) groups is 2. The molecule has 1 atom stereocenters. The molecule has 0 aliphatic heterocycles. The molecule has 110 valence electrons. The van der Waals surface area contributed by atoms with Gasteiger partial charge < -0.3 is 20.7 Å². The first-order valence-corrected chi connectivity index (χ1v) is 7.57. The molecule has 0 bridgehead atoms. The quantitative estimate of drug-likeness (QED) is 0.590. The van der Waals surface area contributed by atoms with Gasteiger partial charge in [0.05, 0.1) is 6.33 Å². The van der Waals surface area contributed by atoms with E-state index in [9.17, 15) is 9.59 Å². The van der Waals surface area contributed by atoms with E-state index < -0.39 is 18.0 Å². The molecule has 1 aromatic rings. The molecule has 1 fully saturated rings. The van der Waals surface area contributed by atoms with Gasteiger partial charge in [-0.3, -0.25) is 0 Å². The molecular weight excluding hydrogens is 280 g/mol. The number of imidazole rings is 1. The molecule has 0 aromatic carbocycles. The van der Waals surface area contributed by atoms with Crippen molar-refractivity contribution in [2.45, 2.75) is 30.1 Å². The summed E-state index contributed by atoms with van der Waals surface area (Å²) in [6.07, 6.45) is 7.39. The van der Waals surface area contributed by atoms with Gasteiger partial charge in [-0.1, -0.05) is 0 Å². The molecular formula is C12H18N4O3S. The molecule has 2 amide bonds. The van der Waals surface area contributed by atoms with Crippen molar-refractivity contribution in [1.82, 2.24) is 20.6 Å². The Morgan fingerprint density at radius 3 is 2.85 bits per heavy atom. The van der Waals surface area contributed by atoms with Crippen molar-refractivity contribution in [3.63, 3.8) is 0 Å². The lowest BCUT2D eigenvalue weighted by molar-refractivity contribution is -0.139. The molecule has 2 rings (SSSR count). The van der Waals surface area contributed by atoms with Crippen molar-refractivity contribution >= 4 is 23.8 Å². The molecule has 1 heterocycles. The number of hydrogen-bond acceptors (Lipinski definition) is 4. The van der Waals surface area contributed by atoms with Crippen LogP contribution in [0.3, 0.4) is 0 Å². The van der Waals surface area contributed by atoms with Crippen LogP contribution in [-0.4, -0.2) is 50.7 Å². The van der Waals surface area contributed by atoms with Gasteiger partial charge in [0, 0.05) is 29.6 Å². The molecule has 8 heteroatoms. The van der Waals surface area contributed by atoms with Crippen LogP contribution in [0.1, 0.15) is 18.5 Å². The third-order valence-electron chi connectivity index (χ3n) is 3.39. The molecule has 0 saturated heterocycles. The first kappa shape index (κ1) is 14.7. The summed E-state index contributed by atoms with van der Waals surface area (Å²) in [7, 11) is 0. The zero-order valence-corrected chi connectivity index (χ0v) is 12.0. The van der Waals surface area contributed by atoms with Crippen LogP contribution in [0.4, 0.5) is 4.79 Å². The number of urea groups is 1. The Labute approximate surface area is 120 Å². The number of H-pyrrole nitrogens is 1. The lowest BCUT2D eigenvalue weighted by Gasteiger charge is -2.17. The number of rotatable bonds is 7. The Kier molecular flexibility index (Phi) is 4.53. The minimum absolute atomic E-state index is 0.152.